The standard InChI is InChI=1S/C17H27N3O3S/c1-14-3-5-15(6-4-14)19(2)17-8-7-16(13-18-17)24(21,22)20-9-11-23-12-10-20/h7-8,13-15H,3-6,9-12H2,1-2H3. The molecule has 6 nitrogen and oxygen atoms in total. The lowest BCUT2D eigenvalue weighted by molar-refractivity contribution is 0.0730. The Bertz CT molecular complexity index is 634. The fourth-order valence-electron chi connectivity index (χ4n) is 3.49. The van der Waals surface area contributed by atoms with Crippen LogP contribution in [0.15, 0.2) is 23.2 Å². The van der Waals surface area contributed by atoms with Crippen LogP contribution in [0.4, 0.5) is 5.82 Å². The van der Waals surface area contributed by atoms with Gasteiger partial charge in [-0.3, -0.25) is 0 Å². The number of ether oxygens (including phenoxy) is 1. The number of anilines is 1. The molecule has 2 heterocycles. The van der Waals surface area contributed by atoms with E-state index in [0.717, 1.165) is 11.7 Å². The third-order valence-corrected chi connectivity index (χ3v) is 7.11. The Morgan fingerprint density at radius 2 is 1.83 bits per heavy atom. The smallest absolute Gasteiger partial charge is 0.244 e. The molecular formula is C17H27N3O3S. The summed E-state index contributed by atoms with van der Waals surface area (Å²) < 4.78 is 31.9. The van der Waals surface area contributed by atoms with Gasteiger partial charge in [0, 0.05) is 32.4 Å². The van der Waals surface area contributed by atoms with Crippen molar-refractivity contribution in [3.63, 3.8) is 0 Å². The van der Waals surface area contributed by atoms with Crippen molar-refractivity contribution < 1.29 is 13.2 Å². The van der Waals surface area contributed by atoms with Crippen LogP contribution in [0.2, 0.25) is 0 Å². The molecule has 24 heavy (non-hydrogen) atoms. The van der Waals surface area contributed by atoms with Gasteiger partial charge in [-0.25, -0.2) is 13.4 Å². The minimum absolute atomic E-state index is 0.263. The number of sulfonamides is 1. The Hall–Kier alpha value is -1.18. The average molecular weight is 353 g/mol. The molecule has 0 amide bonds. The van der Waals surface area contributed by atoms with Crippen LogP contribution in [0, 0.1) is 5.92 Å². The van der Waals surface area contributed by atoms with Crippen molar-refractivity contribution in [1.82, 2.24) is 9.29 Å². The first kappa shape index (κ1) is 17.6. The van der Waals surface area contributed by atoms with Crippen LogP contribution >= 0.6 is 0 Å². The number of hydrogen-bond donors (Lipinski definition) is 0. The first-order chi connectivity index (χ1) is 11.5. The lowest BCUT2D eigenvalue weighted by Gasteiger charge is -2.34. The maximum atomic E-state index is 12.6. The summed E-state index contributed by atoms with van der Waals surface area (Å²) in [4.78, 5) is 6.88. The van der Waals surface area contributed by atoms with Gasteiger partial charge in [0.25, 0.3) is 0 Å². The Morgan fingerprint density at radius 3 is 2.42 bits per heavy atom. The molecule has 1 aliphatic heterocycles. The highest BCUT2D eigenvalue weighted by Crippen LogP contribution is 2.29. The maximum absolute atomic E-state index is 12.6. The van der Waals surface area contributed by atoms with Gasteiger partial charge in [-0.2, -0.15) is 4.31 Å². The van der Waals surface area contributed by atoms with Gasteiger partial charge in [-0.05, 0) is 43.7 Å². The van der Waals surface area contributed by atoms with Crippen molar-refractivity contribution in [1.29, 1.82) is 0 Å². The van der Waals surface area contributed by atoms with Crippen LogP contribution in [0.1, 0.15) is 32.6 Å². The highest BCUT2D eigenvalue weighted by molar-refractivity contribution is 7.89. The van der Waals surface area contributed by atoms with E-state index in [0.29, 0.717) is 32.3 Å². The van der Waals surface area contributed by atoms with Crippen LogP contribution in [0.3, 0.4) is 0 Å². The number of hydrogen-bond acceptors (Lipinski definition) is 5. The van der Waals surface area contributed by atoms with E-state index in [1.54, 1.807) is 6.07 Å². The largest absolute Gasteiger partial charge is 0.379 e. The van der Waals surface area contributed by atoms with Crippen LogP contribution in [-0.4, -0.2) is 57.1 Å². The highest BCUT2D eigenvalue weighted by atomic mass is 32.2. The lowest BCUT2D eigenvalue weighted by Crippen LogP contribution is -2.40. The monoisotopic (exact) mass is 353 g/mol. The lowest BCUT2D eigenvalue weighted by atomic mass is 9.87. The van der Waals surface area contributed by atoms with Crippen molar-refractivity contribution in [2.24, 2.45) is 5.92 Å². The second-order valence-electron chi connectivity index (χ2n) is 6.89. The fourth-order valence-corrected chi connectivity index (χ4v) is 4.84. The van der Waals surface area contributed by atoms with E-state index in [4.69, 9.17) is 4.74 Å². The minimum atomic E-state index is -3.46. The van der Waals surface area contributed by atoms with Crippen molar-refractivity contribution in [3.05, 3.63) is 18.3 Å². The van der Waals surface area contributed by atoms with Crippen molar-refractivity contribution >= 4 is 15.8 Å². The first-order valence-corrected chi connectivity index (χ1v) is 10.2. The van der Waals surface area contributed by atoms with Gasteiger partial charge in [0.1, 0.15) is 10.7 Å². The summed E-state index contributed by atoms with van der Waals surface area (Å²) in [5.41, 5.74) is 0. The van der Waals surface area contributed by atoms with Gasteiger partial charge < -0.3 is 9.64 Å². The van der Waals surface area contributed by atoms with Crippen molar-refractivity contribution in [2.75, 3.05) is 38.3 Å². The molecule has 2 aliphatic rings. The predicted molar refractivity (Wildman–Crippen MR) is 93.6 cm³/mol. The summed E-state index contributed by atoms with van der Waals surface area (Å²) in [5.74, 6) is 1.65. The normalized spacial score (nSPS) is 26.2. The molecule has 0 spiro atoms. The molecule has 1 saturated carbocycles. The Labute approximate surface area is 144 Å². The van der Waals surface area contributed by atoms with Gasteiger partial charge in [0.05, 0.1) is 13.2 Å². The molecule has 0 unspecified atom stereocenters. The van der Waals surface area contributed by atoms with Gasteiger partial charge >= 0.3 is 0 Å². The molecule has 7 heteroatoms. The summed E-state index contributed by atoms with van der Waals surface area (Å²) in [5, 5.41) is 0. The topological polar surface area (TPSA) is 62.7 Å². The molecule has 1 aliphatic carbocycles. The summed E-state index contributed by atoms with van der Waals surface area (Å²) in [6.07, 6.45) is 6.33. The Morgan fingerprint density at radius 1 is 1.17 bits per heavy atom. The van der Waals surface area contributed by atoms with E-state index in [1.165, 1.54) is 36.2 Å². The molecule has 0 radical (unpaired) electrons. The van der Waals surface area contributed by atoms with Crippen molar-refractivity contribution in [2.45, 2.75) is 43.5 Å². The molecule has 2 fully saturated rings. The molecule has 1 aromatic heterocycles. The third-order valence-electron chi connectivity index (χ3n) is 5.22. The van der Waals surface area contributed by atoms with Crippen LogP contribution in [0.5, 0.6) is 0 Å². The van der Waals surface area contributed by atoms with Gasteiger partial charge in [-0.1, -0.05) is 6.92 Å². The maximum Gasteiger partial charge on any atom is 0.244 e. The molecule has 0 bridgehead atoms. The van der Waals surface area contributed by atoms with E-state index in [2.05, 4.69) is 23.9 Å². The molecule has 0 aromatic carbocycles. The molecule has 0 N–H and O–H groups in total. The van der Waals surface area contributed by atoms with E-state index < -0.39 is 10.0 Å². The van der Waals surface area contributed by atoms with E-state index in [1.807, 2.05) is 6.07 Å². The van der Waals surface area contributed by atoms with E-state index >= 15 is 0 Å². The minimum Gasteiger partial charge on any atom is -0.379 e. The highest BCUT2D eigenvalue weighted by Gasteiger charge is 2.27. The van der Waals surface area contributed by atoms with E-state index in [9.17, 15) is 8.42 Å². The van der Waals surface area contributed by atoms with Crippen LogP contribution < -0.4 is 4.90 Å². The molecule has 134 valence electrons. The number of rotatable bonds is 4. The fraction of sp³-hybridized carbons (Fsp3) is 0.706. The van der Waals surface area contributed by atoms with Gasteiger partial charge in [-0.15, -0.1) is 0 Å². The van der Waals surface area contributed by atoms with Crippen molar-refractivity contribution in [3.8, 4) is 0 Å². The van der Waals surface area contributed by atoms with Crippen LogP contribution in [-0.2, 0) is 14.8 Å². The first-order valence-electron chi connectivity index (χ1n) is 8.75. The number of aromatic nitrogens is 1. The SMILES string of the molecule is CC1CCC(N(C)c2ccc(S(=O)(=O)N3CCOCC3)cn2)CC1. The molecule has 1 saturated heterocycles. The van der Waals surface area contributed by atoms with Crippen LogP contribution in [0.25, 0.3) is 0 Å². The summed E-state index contributed by atoms with van der Waals surface area (Å²) in [6, 6.07) is 4.00. The second kappa shape index (κ2) is 7.37. The Kier molecular flexibility index (Phi) is 5.42. The molecule has 0 atom stereocenters. The zero-order valence-corrected chi connectivity index (χ0v) is 15.3. The number of pyridine rings is 1. The molecular weight excluding hydrogens is 326 g/mol. The third kappa shape index (κ3) is 3.73. The quantitative estimate of drug-likeness (QED) is 0.830. The molecule has 1 aromatic rings. The Balaban J connectivity index is 1.70. The number of morpholine rings is 1. The summed E-state index contributed by atoms with van der Waals surface area (Å²) in [6.45, 7) is 4.02. The second-order valence-corrected chi connectivity index (χ2v) is 8.83. The zero-order valence-electron chi connectivity index (χ0n) is 14.5. The molecule has 3 rings (SSSR count). The summed E-state index contributed by atoms with van der Waals surface area (Å²) in [7, 11) is -1.41. The zero-order chi connectivity index (χ0) is 17.2. The van der Waals surface area contributed by atoms with Gasteiger partial charge in [0.15, 0.2) is 0 Å². The van der Waals surface area contributed by atoms with E-state index in [-0.39, 0.29) is 4.90 Å². The average Bonchev–Trinajstić information content (AvgIpc) is 2.62. The van der Waals surface area contributed by atoms with Gasteiger partial charge in [0.2, 0.25) is 10.0 Å². The summed E-state index contributed by atoms with van der Waals surface area (Å²) >= 11 is 0. The predicted octanol–water partition coefficient (Wildman–Crippen LogP) is 2.12. The number of nitrogens with zero attached hydrogens (tertiary/aromatic N) is 3.